The zero-order valence-electron chi connectivity index (χ0n) is 16.9. The quantitative estimate of drug-likeness (QED) is 0.198. The van der Waals surface area contributed by atoms with Crippen LogP contribution in [0.4, 0.5) is 0 Å². The lowest BCUT2D eigenvalue weighted by molar-refractivity contribution is -0.140. The van der Waals surface area contributed by atoms with E-state index in [-0.39, 0.29) is 5.97 Å². The number of ether oxygens (including phenoxy) is 1. The van der Waals surface area contributed by atoms with E-state index in [1.165, 1.54) is 58.5 Å². The Morgan fingerprint density at radius 2 is 1.85 bits per heavy atom. The van der Waals surface area contributed by atoms with Crippen molar-refractivity contribution < 1.29 is 9.53 Å². The van der Waals surface area contributed by atoms with Gasteiger partial charge in [-0.05, 0) is 32.1 Å². The first-order valence-electron chi connectivity index (χ1n) is 10.5. The summed E-state index contributed by atoms with van der Waals surface area (Å²) < 4.78 is 6.91. The molecule has 0 aliphatic carbocycles. The molecule has 1 atom stereocenters. The van der Waals surface area contributed by atoms with E-state index in [4.69, 9.17) is 0 Å². The van der Waals surface area contributed by atoms with Crippen LogP contribution in [0.2, 0.25) is 0 Å². The van der Waals surface area contributed by atoms with Gasteiger partial charge >= 0.3 is 5.97 Å². The third-order valence-electron chi connectivity index (χ3n) is 4.89. The van der Waals surface area contributed by atoms with Crippen LogP contribution < -0.4 is 0 Å². The molecule has 0 saturated carbocycles. The van der Waals surface area contributed by atoms with E-state index >= 15 is 0 Å². The monoisotopic (exact) mass is 362 g/mol. The zero-order valence-corrected chi connectivity index (χ0v) is 16.9. The fourth-order valence-corrected chi connectivity index (χ4v) is 3.22. The number of imidazole rings is 1. The van der Waals surface area contributed by atoms with E-state index in [1.807, 2.05) is 12.5 Å². The number of carbonyl (C=O) groups excluding carboxylic acids is 1. The highest BCUT2D eigenvalue weighted by Gasteiger charge is 2.08. The molecule has 1 aromatic rings. The summed E-state index contributed by atoms with van der Waals surface area (Å²) in [5.74, 6) is -0.0879. The van der Waals surface area contributed by atoms with Crippen LogP contribution in [-0.4, -0.2) is 22.6 Å². The first-order valence-corrected chi connectivity index (χ1v) is 10.5. The maximum atomic E-state index is 11.0. The first-order chi connectivity index (χ1) is 12.8. The summed E-state index contributed by atoms with van der Waals surface area (Å²) in [5, 5.41) is 0. The van der Waals surface area contributed by atoms with Crippen molar-refractivity contribution in [3.8, 4) is 0 Å². The fraction of sp³-hybridized carbons (Fsp3) is 0.727. The number of unbranched alkanes of at least 4 members (excludes halogenated alkanes) is 8. The van der Waals surface area contributed by atoms with Crippen LogP contribution in [0.15, 0.2) is 30.9 Å². The summed E-state index contributed by atoms with van der Waals surface area (Å²) in [7, 11) is 1.46. The van der Waals surface area contributed by atoms with Crippen molar-refractivity contribution in [2.75, 3.05) is 7.11 Å². The molecule has 0 radical (unpaired) electrons. The SMILES string of the molecule is CCCCCCC(C/C=C\CCCCCCCC(=O)OC)n1ccnc1. The van der Waals surface area contributed by atoms with Gasteiger partial charge in [0.15, 0.2) is 0 Å². The molecule has 0 amide bonds. The molecule has 0 bridgehead atoms. The molecule has 1 heterocycles. The summed E-state index contributed by atoms with van der Waals surface area (Å²) in [6.45, 7) is 2.26. The molecule has 4 nitrogen and oxygen atoms in total. The topological polar surface area (TPSA) is 44.1 Å². The van der Waals surface area contributed by atoms with Gasteiger partial charge in [0.2, 0.25) is 0 Å². The van der Waals surface area contributed by atoms with Gasteiger partial charge in [0.1, 0.15) is 0 Å². The molecule has 0 fully saturated rings. The highest BCUT2D eigenvalue weighted by Crippen LogP contribution is 2.20. The van der Waals surface area contributed by atoms with Crippen LogP contribution in [0.1, 0.15) is 96.4 Å². The molecule has 4 heteroatoms. The smallest absolute Gasteiger partial charge is 0.305 e. The van der Waals surface area contributed by atoms with E-state index in [0.717, 1.165) is 25.7 Å². The Labute approximate surface area is 160 Å². The molecule has 0 aromatic carbocycles. The number of nitrogens with zero attached hydrogens (tertiary/aromatic N) is 2. The molecule has 26 heavy (non-hydrogen) atoms. The number of hydrogen-bond donors (Lipinski definition) is 0. The average molecular weight is 363 g/mol. The second kappa shape index (κ2) is 15.7. The van der Waals surface area contributed by atoms with Crippen molar-refractivity contribution in [1.82, 2.24) is 9.55 Å². The summed E-state index contributed by atoms with van der Waals surface area (Å²) in [5.41, 5.74) is 0. The second-order valence-electron chi connectivity index (χ2n) is 7.10. The summed E-state index contributed by atoms with van der Waals surface area (Å²) >= 11 is 0. The van der Waals surface area contributed by atoms with E-state index in [1.54, 1.807) is 0 Å². The number of allylic oxidation sites excluding steroid dienone is 2. The van der Waals surface area contributed by atoms with Gasteiger partial charge in [0.05, 0.1) is 13.4 Å². The maximum absolute atomic E-state index is 11.0. The molecule has 0 saturated heterocycles. The van der Waals surface area contributed by atoms with E-state index in [9.17, 15) is 4.79 Å². The van der Waals surface area contributed by atoms with E-state index in [2.05, 4.69) is 39.6 Å². The Morgan fingerprint density at radius 3 is 2.58 bits per heavy atom. The lowest BCUT2D eigenvalue weighted by Gasteiger charge is -2.16. The molecule has 0 N–H and O–H groups in total. The number of carbonyl (C=O) groups is 1. The number of aromatic nitrogens is 2. The third kappa shape index (κ3) is 11.1. The van der Waals surface area contributed by atoms with Crippen molar-refractivity contribution in [3.63, 3.8) is 0 Å². The Kier molecular flexibility index (Phi) is 13.5. The minimum absolute atomic E-state index is 0.0879. The van der Waals surface area contributed by atoms with Gasteiger partial charge in [-0.1, -0.05) is 64.0 Å². The van der Waals surface area contributed by atoms with Crippen molar-refractivity contribution in [1.29, 1.82) is 0 Å². The lowest BCUT2D eigenvalue weighted by atomic mass is 10.0. The lowest BCUT2D eigenvalue weighted by Crippen LogP contribution is -2.06. The summed E-state index contributed by atoms with van der Waals surface area (Å²) in [4.78, 5) is 15.2. The van der Waals surface area contributed by atoms with Crippen LogP contribution in [-0.2, 0) is 9.53 Å². The Balaban J connectivity index is 2.11. The second-order valence-corrected chi connectivity index (χ2v) is 7.10. The number of rotatable bonds is 16. The molecular formula is C22H38N2O2. The van der Waals surface area contributed by atoms with Gasteiger partial charge in [0.25, 0.3) is 0 Å². The maximum Gasteiger partial charge on any atom is 0.305 e. The van der Waals surface area contributed by atoms with Crippen molar-refractivity contribution in [3.05, 3.63) is 30.9 Å². The van der Waals surface area contributed by atoms with Crippen molar-refractivity contribution in [2.45, 2.75) is 96.4 Å². The third-order valence-corrected chi connectivity index (χ3v) is 4.89. The number of hydrogen-bond acceptors (Lipinski definition) is 3. The predicted molar refractivity (Wildman–Crippen MR) is 108 cm³/mol. The normalized spacial score (nSPS) is 12.5. The van der Waals surface area contributed by atoms with Crippen LogP contribution in [0.3, 0.4) is 0 Å². The van der Waals surface area contributed by atoms with Gasteiger partial charge in [-0.2, -0.15) is 0 Å². The highest BCUT2D eigenvalue weighted by molar-refractivity contribution is 5.68. The standard InChI is InChI=1S/C22H38N2O2/c1-3-4-5-12-15-21(24-19-18-23-20-24)16-13-10-8-6-7-9-11-14-17-22(25)26-2/h10,13,18-21H,3-9,11-12,14-17H2,1-2H3/b13-10-. The summed E-state index contributed by atoms with van der Waals surface area (Å²) in [6.07, 6.45) is 25.7. The molecule has 1 rings (SSSR count). The molecule has 0 aliphatic heterocycles. The minimum Gasteiger partial charge on any atom is -0.469 e. The van der Waals surface area contributed by atoms with Gasteiger partial charge in [0, 0.05) is 24.9 Å². The van der Waals surface area contributed by atoms with Crippen molar-refractivity contribution in [2.24, 2.45) is 0 Å². The number of methoxy groups -OCH3 is 1. The van der Waals surface area contributed by atoms with E-state index < -0.39 is 0 Å². The van der Waals surface area contributed by atoms with Gasteiger partial charge in [-0.25, -0.2) is 4.98 Å². The predicted octanol–water partition coefficient (Wildman–Crippen LogP) is 6.24. The summed E-state index contributed by atoms with van der Waals surface area (Å²) in [6, 6.07) is 0.545. The molecule has 1 unspecified atom stereocenters. The largest absolute Gasteiger partial charge is 0.469 e. The van der Waals surface area contributed by atoms with Crippen LogP contribution in [0, 0.1) is 0 Å². The Morgan fingerprint density at radius 1 is 1.08 bits per heavy atom. The Hall–Kier alpha value is -1.58. The zero-order chi connectivity index (χ0) is 18.9. The average Bonchev–Trinajstić information content (AvgIpc) is 3.19. The fourth-order valence-electron chi connectivity index (χ4n) is 3.22. The number of esters is 1. The first kappa shape index (κ1) is 22.5. The molecule has 0 spiro atoms. The Bertz CT molecular complexity index is 468. The molecule has 0 aliphatic rings. The molecule has 1 aromatic heterocycles. The van der Waals surface area contributed by atoms with Gasteiger partial charge in [-0.3, -0.25) is 4.79 Å². The minimum atomic E-state index is -0.0879. The van der Waals surface area contributed by atoms with Gasteiger partial charge < -0.3 is 9.30 Å². The van der Waals surface area contributed by atoms with Crippen LogP contribution in [0.5, 0.6) is 0 Å². The van der Waals surface area contributed by atoms with Crippen LogP contribution >= 0.6 is 0 Å². The van der Waals surface area contributed by atoms with E-state index in [0.29, 0.717) is 12.5 Å². The van der Waals surface area contributed by atoms with Gasteiger partial charge in [-0.15, -0.1) is 0 Å². The highest BCUT2D eigenvalue weighted by atomic mass is 16.5. The van der Waals surface area contributed by atoms with Crippen LogP contribution in [0.25, 0.3) is 0 Å². The molecule has 148 valence electrons. The molecular weight excluding hydrogens is 324 g/mol. The van der Waals surface area contributed by atoms with Crippen molar-refractivity contribution >= 4 is 5.97 Å².